The van der Waals surface area contributed by atoms with E-state index in [9.17, 15) is 9.59 Å². The number of amides is 1. The number of nitrogens with zero attached hydrogens (tertiary/aromatic N) is 2. The summed E-state index contributed by atoms with van der Waals surface area (Å²) in [4.78, 5) is 25.1. The predicted octanol–water partition coefficient (Wildman–Crippen LogP) is 5.61. The average Bonchev–Trinajstić information content (AvgIpc) is 2.79. The Bertz CT molecular complexity index is 1030. The van der Waals surface area contributed by atoms with Gasteiger partial charge in [-0.1, -0.05) is 11.6 Å². The van der Waals surface area contributed by atoms with Crippen LogP contribution < -0.4 is 24.3 Å². The maximum Gasteiger partial charge on any atom is 0.258 e. The molecule has 0 aromatic heterocycles. The summed E-state index contributed by atoms with van der Waals surface area (Å²) in [6.45, 7) is 10.3. The average molecular weight is 492 g/mol. The van der Waals surface area contributed by atoms with Crippen LogP contribution in [0.2, 0.25) is 5.02 Å². The number of hydrogen-bond acceptors (Lipinski definition) is 8. The molecule has 0 radical (unpaired) electrons. The molecule has 0 aliphatic rings. The number of benzene rings is 2. The molecule has 34 heavy (non-hydrogen) atoms. The number of azo groups is 1. The Balaban J connectivity index is 2.28. The summed E-state index contributed by atoms with van der Waals surface area (Å²) < 4.78 is 22.2. The molecule has 1 amide bonds. The second-order valence-electron chi connectivity index (χ2n) is 6.86. The van der Waals surface area contributed by atoms with Crippen LogP contribution in [0.3, 0.4) is 0 Å². The molecule has 184 valence electrons. The fourth-order valence-electron chi connectivity index (χ4n) is 2.92. The topological polar surface area (TPSA) is 108 Å². The zero-order chi connectivity index (χ0) is 25.1. The summed E-state index contributed by atoms with van der Waals surface area (Å²) >= 11 is 6.26. The predicted molar refractivity (Wildman–Crippen MR) is 130 cm³/mol. The van der Waals surface area contributed by atoms with E-state index in [0.717, 1.165) is 0 Å². The van der Waals surface area contributed by atoms with E-state index >= 15 is 0 Å². The van der Waals surface area contributed by atoms with Crippen molar-refractivity contribution in [1.82, 2.24) is 0 Å². The van der Waals surface area contributed by atoms with Gasteiger partial charge in [-0.15, -0.1) is 0 Å². The van der Waals surface area contributed by atoms with Crippen molar-refractivity contribution in [2.75, 3.05) is 31.7 Å². The smallest absolute Gasteiger partial charge is 0.258 e. The molecule has 0 heterocycles. The van der Waals surface area contributed by atoms with Crippen molar-refractivity contribution >= 4 is 34.7 Å². The van der Waals surface area contributed by atoms with Crippen LogP contribution in [0.15, 0.2) is 40.6 Å². The molecule has 2 aromatic carbocycles. The summed E-state index contributed by atoms with van der Waals surface area (Å²) in [5, 5.41) is 11.0. The van der Waals surface area contributed by atoms with E-state index in [-0.39, 0.29) is 0 Å². The third-order valence-corrected chi connectivity index (χ3v) is 4.64. The number of carbonyl (C=O) groups excluding carboxylic acids is 2. The van der Waals surface area contributed by atoms with Gasteiger partial charge in [-0.25, -0.2) is 0 Å². The molecule has 0 aliphatic heterocycles. The number of anilines is 1. The Morgan fingerprint density at radius 3 is 2.06 bits per heavy atom. The van der Waals surface area contributed by atoms with E-state index in [1.807, 2.05) is 20.8 Å². The van der Waals surface area contributed by atoms with Crippen LogP contribution in [0.25, 0.3) is 0 Å². The molecule has 2 rings (SSSR count). The summed E-state index contributed by atoms with van der Waals surface area (Å²) in [5.74, 6) is 0.695. The second kappa shape index (κ2) is 13.4. The van der Waals surface area contributed by atoms with E-state index in [0.29, 0.717) is 65.8 Å². The zero-order valence-electron chi connectivity index (χ0n) is 20.0. The Kier molecular flexibility index (Phi) is 10.6. The van der Waals surface area contributed by atoms with Crippen molar-refractivity contribution in [1.29, 1.82) is 0 Å². The van der Waals surface area contributed by atoms with Crippen LogP contribution in [-0.2, 0) is 9.59 Å². The van der Waals surface area contributed by atoms with Gasteiger partial charge in [0.1, 0.15) is 11.5 Å². The molecule has 9 nitrogen and oxygen atoms in total. The van der Waals surface area contributed by atoms with Gasteiger partial charge in [0.25, 0.3) is 5.91 Å². The van der Waals surface area contributed by atoms with Crippen LogP contribution in [0, 0.1) is 0 Å². The van der Waals surface area contributed by atoms with Crippen molar-refractivity contribution in [3.8, 4) is 23.0 Å². The number of rotatable bonds is 13. The number of ketones is 1. The fraction of sp³-hybridized carbons (Fsp3) is 0.417. The van der Waals surface area contributed by atoms with Crippen LogP contribution >= 0.6 is 11.6 Å². The molecule has 1 unspecified atom stereocenters. The van der Waals surface area contributed by atoms with Gasteiger partial charge in [0, 0.05) is 12.1 Å². The number of hydrogen-bond donors (Lipinski definition) is 1. The zero-order valence-corrected chi connectivity index (χ0v) is 20.8. The third-order valence-electron chi connectivity index (χ3n) is 4.34. The first kappa shape index (κ1) is 26.9. The molecule has 0 saturated heterocycles. The highest BCUT2D eigenvalue weighted by Gasteiger charge is 2.25. The Hall–Kier alpha value is -3.33. The summed E-state index contributed by atoms with van der Waals surface area (Å²) in [7, 11) is 0. The van der Waals surface area contributed by atoms with Crippen molar-refractivity contribution in [3.05, 3.63) is 35.4 Å². The minimum absolute atomic E-state index is 0.291. The van der Waals surface area contributed by atoms with Gasteiger partial charge in [0.2, 0.25) is 6.04 Å². The van der Waals surface area contributed by atoms with E-state index in [1.165, 1.54) is 13.0 Å². The minimum atomic E-state index is -1.37. The standard InChI is InChI=1S/C24H30ClN3O6/c1-6-31-19-11-10-16(12-22(19)34-9-4)27-28-23(15(5)29)24(30)26-18-13-17(25)20(32-7-2)14-21(18)33-8-3/h10-14,23H,6-9H2,1-5H3,(H,26,30). The monoisotopic (exact) mass is 491 g/mol. The lowest BCUT2D eigenvalue weighted by Crippen LogP contribution is -2.32. The molecule has 0 bridgehead atoms. The lowest BCUT2D eigenvalue weighted by atomic mass is 10.2. The minimum Gasteiger partial charge on any atom is -0.492 e. The lowest BCUT2D eigenvalue weighted by molar-refractivity contribution is -0.126. The van der Waals surface area contributed by atoms with E-state index < -0.39 is 17.7 Å². The fourth-order valence-corrected chi connectivity index (χ4v) is 3.14. The summed E-state index contributed by atoms with van der Waals surface area (Å²) in [6, 6.07) is 6.71. The molecular formula is C24H30ClN3O6. The van der Waals surface area contributed by atoms with Gasteiger partial charge in [-0.2, -0.15) is 10.2 Å². The van der Waals surface area contributed by atoms with Crippen molar-refractivity contribution in [3.63, 3.8) is 0 Å². The van der Waals surface area contributed by atoms with Crippen molar-refractivity contribution in [2.24, 2.45) is 10.2 Å². The summed E-state index contributed by atoms with van der Waals surface area (Å²) in [5.41, 5.74) is 0.700. The van der Waals surface area contributed by atoms with Crippen molar-refractivity contribution in [2.45, 2.75) is 40.7 Å². The Morgan fingerprint density at radius 2 is 1.44 bits per heavy atom. The maximum atomic E-state index is 12.9. The van der Waals surface area contributed by atoms with Gasteiger partial charge in [-0.05, 0) is 52.8 Å². The molecule has 10 heteroatoms. The Morgan fingerprint density at radius 1 is 0.853 bits per heavy atom. The number of ether oxygens (including phenoxy) is 4. The van der Waals surface area contributed by atoms with Crippen LogP contribution in [0.4, 0.5) is 11.4 Å². The van der Waals surface area contributed by atoms with Gasteiger partial charge >= 0.3 is 0 Å². The van der Waals surface area contributed by atoms with E-state index in [4.69, 9.17) is 30.5 Å². The number of halogens is 1. The SMILES string of the molecule is CCOc1cc(OCC)c(NC(=O)C(N=Nc2ccc(OCC)c(OCC)c2)C(C)=O)cc1Cl. The first-order valence-corrected chi connectivity index (χ1v) is 11.4. The van der Waals surface area contributed by atoms with E-state index in [2.05, 4.69) is 15.5 Å². The van der Waals surface area contributed by atoms with Gasteiger partial charge in [0.15, 0.2) is 17.3 Å². The molecule has 0 saturated carbocycles. The molecule has 2 aromatic rings. The maximum absolute atomic E-state index is 12.9. The molecular weight excluding hydrogens is 462 g/mol. The van der Waals surface area contributed by atoms with E-state index in [1.54, 1.807) is 31.2 Å². The first-order valence-electron chi connectivity index (χ1n) is 11.0. The second-order valence-corrected chi connectivity index (χ2v) is 7.27. The molecule has 1 atom stereocenters. The van der Waals surface area contributed by atoms with Crippen LogP contribution in [0.1, 0.15) is 34.6 Å². The third kappa shape index (κ3) is 7.34. The first-order chi connectivity index (χ1) is 16.3. The number of nitrogens with one attached hydrogen (secondary N) is 1. The summed E-state index contributed by atoms with van der Waals surface area (Å²) in [6.07, 6.45) is 0. The highest BCUT2D eigenvalue weighted by molar-refractivity contribution is 6.32. The van der Waals surface area contributed by atoms with Crippen LogP contribution in [-0.4, -0.2) is 44.2 Å². The van der Waals surface area contributed by atoms with Gasteiger partial charge in [-0.3, -0.25) is 9.59 Å². The number of Topliss-reactive ketones (excluding diaryl/α,β-unsaturated/α-hetero) is 1. The molecule has 0 aliphatic carbocycles. The van der Waals surface area contributed by atoms with Gasteiger partial charge < -0.3 is 24.3 Å². The highest BCUT2D eigenvalue weighted by Crippen LogP contribution is 2.37. The van der Waals surface area contributed by atoms with Gasteiger partial charge in [0.05, 0.1) is 42.8 Å². The quantitative estimate of drug-likeness (QED) is 0.288. The molecule has 0 fully saturated rings. The Labute approximate surface area is 204 Å². The largest absolute Gasteiger partial charge is 0.492 e. The lowest BCUT2D eigenvalue weighted by Gasteiger charge is -2.16. The molecule has 0 spiro atoms. The highest BCUT2D eigenvalue weighted by atomic mass is 35.5. The van der Waals surface area contributed by atoms with Crippen molar-refractivity contribution < 1.29 is 28.5 Å². The van der Waals surface area contributed by atoms with Crippen LogP contribution in [0.5, 0.6) is 23.0 Å². The number of carbonyl (C=O) groups is 2. The normalized spacial score (nSPS) is 11.7. The molecule has 1 N–H and O–H groups in total.